The fourth-order valence-electron chi connectivity index (χ4n) is 1.82. The summed E-state index contributed by atoms with van der Waals surface area (Å²) in [6.07, 6.45) is 0.802. The Hall–Kier alpha value is -1.55. The van der Waals surface area contributed by atoms with E-state index in [0.29, 0.717) is 13.0 Å². The van der Waals surface area contributed by atoms with Crippen molar-refractivity contribution >= 4 is 11.6 Å². The molecule has 0 spiro atoms. The van der Waals surface area contributed by atoms with Crippen LogP contribution in [-0.4, -0.2) is 23.7 Å². The van der Waals surface area contributed by atoms with Crippen molar-refractivity contribution in [3.8, 4) is 5.75 Å². The minimum atomic E-state index is -0.458. The first-order valence-electron chi connectivity index (χ1n) is 6.30. The molecule has 18 heavy (non-hydrogen) atoms. The summed E-state index contributed by atoms with van der Waals surface area (Å²) in [6.45, 7) is 4.20. The lowest BCUT2D eigenvalue weighted by Crippen LogP contribution is -2.23. The van der Waals surface area contributed by atoms with Crippen LogP contribution in [-0.2, 0) is 11.2 Å². The maximum atomic E-state index is 11.2. The van der Waals surface area contributed by atoms with Gasteiger partial charge in [0.15, 0.2) is 0 Å². The number of aliphatic hydroxyl groups excluding tert-OH is 1. The van der Waals surface area contributed by atoms with E-state index in [4.69, 9.17) is 4.74 Å². The number of anilines is 1. The third kappa shape index (κ3) is 3.01. The molecule has 1 unspecified atom stereocenters. The number of hydrogen-bond donors (Lipinski definition) is 2. The highest BCUT2D eigenvalue weighted by Crippen LogP contribution is 2.26. The number of carbonyl (C=O) groups excluding carboxylic acids is 1. The molecule has 1 aromatic carbocycles. The minimum absolute atomic E-state index is 0.0615. The lowest BCUT2D eigenvalue weighted by atomic mass is 10.0. The summed E-state index contributed by atoms with van der Waals surface area (Å²) in [5.74, 6) is 0.984. The molecule has 0 saturated heterocycles. The van der Waals surface area contributed by atoms with Crippen molar-refractivity contribution in [2.45, 2.75) is 32.8 Å². The fourth-order valence-corrected chi connectivity index (χ4v) is 1.82. The summed E-state index contributed by atoms with van der Waals surface area (Å²) in [5.41, 5.74) is 1.95. The van der Waals surface area contributed by atoms with Crippen molar-refractivity contribution in [3.63, 3.8) is 0 Å². The van der Waals surface area contributed by atoms with Gasteiger partial charge in [0.05, 0.1) is 6.10 Å². The number of carbonyl (C=O) groups is 1. The molecule has 1 aromatic rings. The van der Waals surface area contributed by atoms with Gasteiger partial charge in [0.25, 0.3) is 0 Å². The number of aliphatic hydroxyl groups is 1. The van der Waals surface area contributed by atoms with Crippen LogP contribution in [0.1, 0.15) is 25.8 Å². The number of nitrogens with one attached hydrogen (secondary N) is 1. The Morgan fingerprint density at radius 3 is 2.89 bits per heavy atom. The Bertz CT molecular complexity index is 443. The summed E-state index contributed by atoms with van der Waals surface area (Å²) in [5, 5.41) is 12.5. The predicted octanol–water partition coefficient (Wildman–Crippen LogP) is 1.97. The molecule has 4 heteroatoms. The van der Waals surface area contributed by atoms with Gasteiger partial charge < -0.3 is 15.2 Å². The number of benzene rings is 1. The molecule has 0 aliphatic carbocycles. The minimum Gasteiger partial charge on any atom is -0.491 e. The van der Waals surface area contributed by atoms with Crippen LogP contribution in [0.15, 0.2) is 18.2 Å². The molecule has 1 heterocycles. The lowest BCUT2D eigenvalue weighted by Gasteiger charge is -2.19. The van der Waals surface area contributed by atoms with Crippen LogP contribution in [0.2, 0.25) is 0 Å². The first kappa shape index (κ1) is 12.9. The van der Waals surface area contributed by atoms with E-state index in [9.17, 15) is 9.90 Å². The van der Waals surface area contributed by atoms with Crippen molar-refractivity contribution in [2.24, 2.45) is 5.92 Å². The Balaban J connectivity index is 2.01. The van der Waals surface area contributed by atoms with Crippen LogP contribution in [0.25, 0.3) is 0 Å². The molecule has 0 bridgehead atoms. The smallest absolute Gasteiger partial charge is 0.224 e. The Morgan fingerprint density at radius 2 is 2.17 bits per heavy atom. The van der Waals surface area contributed by atoms with Gasteiger partial charge in [-0.1, -0.05) is 13.8 Å². The van der Waals surface area contributed by atoms with Crippen LogP contribution >= 0.6 is 0 Å². The van der Waals surface area contributed by atoms with Crippen LogP contribution in [0.4, 0.5) is 5.69 Å². The van der Waals surface area contributed by atoms with Crippen molar-refractivity contribution in [3.05, 3.63) is 23.8 Å². The van der Waals surface area contributed by atoms with Crippen molar-refractivity contribution in [2.75, 3.05) is 11.9 Å². The van der Waals surface area contributed by atoms with Gasteiger partial charge in [-0.25, -0.2) is 0 Å². The summed E-state index contributed by atoms with van der Waals surface area (Å²) in [7, 11) is 0. The predicted molar refractivity (Wildman–Crippen MR) is 69.7 cm³/mol. The first-order chi connectivity index (χ1) is 8.56. The van der Waals surface area contributed by atoms with Gasteiger partial charge >= 0.3 is 0 Å². The molecule has 0 radical (unpaired) electrons. The van der Waals surface area contributed by atoms with Crippen LogP contribution < -0.4 is 10.1 Å². The van der Waals surface area contributed by atoms with Gasteiger partial charge in [0, 0.05) is 12.1 Å². The molecule has 0 fully saturated rings. The molecule has 4 nitrogen and oxygen atoms in total. The zero-order valence-electron chi connectivity index (χ0n) is 10.8. The number of amides is 1. The zero-order valence-corrected chi connectivity index (χ0v) is 10.8. The summed E-state index contributed by atoms with van der Waals surface area (Å²) < 4.78 is 5.56. The Labute approximate surface area is 107 Å². The second-order valence-electron chi connectivity index (χ2n) is 4.99. The Morgan fingerprint density at radius 1 is 1.39 bits per heavy atom. The highest BCUT2D eigenvalue weighted by molar-refractivity contribution is 5.93. The van der Waals surface area contributed by atoms with E-state index >= 15 is 0 Å². The number of ether oxygens (including phenoxy) is 1. The average molecular weight is 249 g/mol. The van der Waals surface area contributed by atoms with Gasteiger partial charge in [0.1, 0.15) is 12.4 Å². The second-order valence-corrected chi connectivity index (χ2v) is 4.99. The van der Waals surface area contributed by atoms with Crippen LogP contribution in [0, 0.1) is 5.92 Å². The molecular formula is C14H19NO3. The molecule has 2 rings (SSSR count). The molecule has 1 atom stereocenters. The number of aryl methyl sites for hydroxylation is 1. The molecule has 0 aromatic heterocycles. The quantitative estimate of drug-likeness (QED) is 0.857. The van der Waals surface area contributed by atoms with Gasteiger partial charge in [-0.3, -0.25) is 4.79 Å². The topological polar surface area (TPSA) is 58.6 Å². The standard InChI is InChI=1S/C14H19NO3/c1-9(2)13(16)8-18-11-4-5-12-10(7-11)3-6-14(17)15-12/h4-5,7,9,13,16H,3,6,8H2,1-2H3,(H,15,17). The molecule has 2 N–H and O–H groups in total. The first-order valence-corrected chi connectivity index (χ1v) is 6.30. The fraction of sp³-hybridized carbons (Fsp3) is 0.500. The zero-order chi connectivity index (χ0) is 13.1. The SMILES string of the molecule is CC(C)C(O)COc1ccc2c(c1)CCC(=O)N2. The maximum Gasteiger partial charge on any atom is 0.224 e. The van der Waals surface area contributed by atoms with E-state index < -0.39 is 6.10 Å². The highest BCUT2D eigenvalue weighted by Gasteiger charge is 2.15. The molecule has 98 valence electrons. The van der Waals surface area contributed by atoms with E-state index in [1.807, 2.05) is 32.0 Å². The van der Waals surface area contributed by atoms with Crippen molar-refractivity contribution < 1.29 is 14.6 Å². The van der Waals surface area contributed by atoms with E-state index in [1.165, 1.54) is 0 Å². The summed E-state index contributed by atoms with van der Waals surface area (Å²) >= 11 is 0. The summed E-state index contributed by atoms with van der Waals surface area (Å²) in [6, 6.07) is 5.60. The number of fused-ring (bicyclic) bond motifs is 1. The molecule has 1 aliphatic heterocycles. The Kier molecular flexibility index (Phi) is 3.87. The number of rotatable bonds is 4. The summed E-state index contributed by atoms with van der Waals surface area (Å²) in [4.78, 5) is 11.2. The van der Waals surface area contributed by atoms with Crippen molar-refractivity contribution in [1.29, 1.82) is 0 Å². The van der Waals surface area contributed by atoms with Gasteiger partial charge in [-0.15, -0.1) is 0 Å². The molecule has 1 amide bonds. The average Bonchev–Trinajstić information content (AvgIpc) is 2.35. The van der Waals surface area contributed by atoms with E-state index in [1.54, 1.807) is 0 Å². The monoisotopic (exact) mass is 249 g/mol. The molecule has 1 aliphatic rings. The van der Waals surface area contributed by atoms with E-state index in [-0.39, 0.29) is 11.8 Å². The lowest BCUT2D eigenvalue weighted by molar-refractivity contribution is -0.116. The van der Waals surface area contributed by atoms with Crippen LogP contribution in [0.5, 0.6) is 5.75 Å². The third-order valence-electron chi connectivity index (χ3n) is 3.16. The van der Waals surface area contributed by atoms with Gasteiger partial charge in [-0.05, 0) is 36.1 Å². The third-order valence-corrected chi connectivity index (χ3v) is 3.16. The highest BCUT2D eigenvalue weighted by atomic mass is 16.5. The van der Waals surface area contributed by atoms with E-state index in [0.717, 1.165) is 23.4 Å². The van der Waals surface area contributed by atoms with Gasteiger partial charge in [0.2, 0.25) is 5.91 Å². The van der Waals surface area contributed by atoms with Crippen molar-refractivity contribution in [1.82, 2.24) is 0 Å². The second kappa shape index (κ2) is 5.40. The van der Waals surface area contributed by atoms with Gasteiger partial charge in [-0.2, -0.15) is 0 Å². The number of hydrogen-bond acceptors (Lipinski definition) is 3. The largest absolute Gasteiger partial charge is 0.491 e. The maximum absolute atomic E-state index is 11.2. The van der Waals surface area contributed by atoms with E-state index in [2.05, 4.69) is 5.32 Å². The molecular weight excluding hydrogens is 230 g/mol. The van der Waals surface area contributed by atoms with Crippen LogP contribution in [0.3, 0.4) is 0 Å². The molecule has 0 saturated carbocycles. The normalized spacial score (nSPS) is 16.1.